The molecule has 0 atom stereocenters. The minimum atomic E-state index is 0.957. The Hall–Kier alpha value is -3.18. The molecule has 0 fully saturated rings. The van der Waals surface area contributed by atoms with Gasteiger partial charge in [0.25, 0.3) is 0 Å². The van der Waals surface area contributed by atoms with Crippen molar-refractivity contribution in [3.8, 4) is 27.4 Å². The van der Waals surface area contributed by atoms with Crippen molar-refractivity contribution in [3.05, 3.63) is 79.0 Å². The summed E-state index contributed by atoms with van der Waals surface area (Å²) < 4.78 is 7.28. The molecule has 5 rings (SSSR count). The largest absolute Gasteiger partial charge is 0.472 e. The van der Waals surface area contributed by atoms with Crippen molar-refractivity contribution < 1.29 is 4.42 Å². The first-order valence-corrected chi connectivity index (χ1v) is 8.76. The molecule has 0 N–H and O–H groups in total. The number of hydrogen-bond donors (Lipinski definition) is 0. The van der Waals surface area contributed by atoms with E-state index in [2.05, 4.69) is 57.0 Å². The van der Waals surface area contributed by atoms with Gasteiger partial charge in [0.15, 0.2) is 0 Å². The standard InChI is InChI=1S/C20H13N3OS/c1-2-15(20-21-7-9-25-20)10-17(3-1)23-13-22-18-11-14(4-5-19(18)23)16-6-8-24-12-16/h1-13H. The van der Waals surface area contributed by atoms with Gasteiger partial charge in [-0.3, -0.25) is 4.57 Å². The number of furan rings is 1. The molecule has 25 heavy (non-hydrogen) atoms. The Bertz CT molecular complexity index is 1140. The first-order chi connectivity index (χ1) is 12.4. The lowest BCUT2D eigenvalue weighted by molar-refractivity contribution is 0.568. The van der Waals surface area contributed by atoms with E-state index in [0.717, 1.165) is 38.4 Å². The van der Waals surface area contributed by atoms with Crippen molar-refractivity contribution in [1.82, 2.24) is 14.5 Å². The normalized spacial score (nSPS) is 11.2. The van der Waals surface area contributed by atoms with E-state index < -0.39 is 0 Å². The van der Waals surface area contributed by atoms with E-state index in [4.69, 9.17) is 4.42 Å². The maximum Gasteiger partial charge on any atom is 0.123 e. The maximum absolute atomic E-state index is 5.17. The van der Waals surface area contributed by atoms with Crippen LogP contribution in [-0.4, -0.2) is 14.5 Å². The van der Waals surface area contributed by atoms with Crippen LogP contribution < -0.4 is 0 Å². The molecule has 3 heterocycles. The Morgan fingerprint density at radius 1 is 0.920 bits per heavy atom. The third-order valence-electron chi connectivity index (χ3n) is 4.21. The second-order valence-corrected chi connectivity index (χ2v) is 6.61. The summed E-state index contributed by atoms with van der Waals surface area (Å²) in [6.45, 7) is 0. The molecule has 0 radical (unpaired) electrons. The SMILES string of the molecule is c1cc(-c2nccs2)cc(-n2cnc3cc(-c4ccoc4)ccc32)c1. The Balaban J connectivity index is 1.61. The van der Waals surface area contributed by atoms with E-state index in [1.165, 1.54) is 0 Å². The first kappa shape index (κ1) is 14.2. The first-order valence-electron chi connectivity index (χ1n) is 7.88. The van der Waals surface area contributed by atoms with Crippen LogP contribution in [0.25, 0.3) is 38.4 Å². The van der Waals surface area contributed by atoms with E-state index in [9.17, 15) is 0 Å². The number of benzene rings is 2. The van der Waals surface area contributed by atoms with Crippen LogP contribution in [0, 0.1) is 0 Å². The third kappa shape index (κ3) is 2.45. The van der Waals surface area contributed by atoms with Crippen LogP contribution in [0.2, 0.25) is 0 Å². The maximum atomic E-state index is 5.17. The Kier molecular flexibility index (Phi) is 3.24. The molecule has 0 unspecified atom stereocenters. The van der Waals surface area contributed by atoms with Crippen LogP contribution in [0.1, 0.15) is 0 Å². The average Bonchev–Trinajstić information content (AvgIpc) is 3.42. The molecule has 0 aliphatic carbocycles. The Labute approximate surface area is 148 Å². The lowest BCUT2D eigenvalue weighted by Gasteiger charge is -2.06. The van der Waals surface area contributed by atoms with Gasteiger partial charge in [0.05, 0.1) is 23.6 Å². The predicted octanol–water partition coefficient (Wildman–Crippen LogP) is 5.41. The highest BCUT2D eigenvalue weighted by Crippen LogP contribution is 2.28. The van der Waals surface area contributed by atoms with Gasteiger partial charge in [-0.15, -0.1) is 11.3 Å². The molecule has 5 aromatic rings. The van der Waals surface area contributed by atoms with Crippen LogP contribution in [-0.2, 0) is 0 Å². The molecule has 5 heteroatoms. The monoisotopic (exact) mass is 343 g/mol. The smallest absolute Gasteiger partial charge is 0.123 e. The molecule has 0 aliphatic heterocycles. The van der Waals surface area contributed by atoms with Gasteiger partial charge < -0.3 is 4.42 Å². The zero-order chi connectivity index (χ0) is 16.6. The van der Waals surface area contributed by atoms with Crippen molar-refractivity contribution in [2.24, 2.45) is 0 Å². The summed E-state index contributed by atoms with van der Waals surface area (Å²) in [5.74, 6) is 0. The summed E-state index contributed by atoms with van der Waals surface area (Å²) in [6, 6.07) is 16.6. The van der Waals surface area contributed by atoms with E-state index in [-0.39, 0.29) is 0 Å². The van der Waals surface area contributed by atoms with Crippen molar-refractivity contribution >= 4 is 22.4 Å². The fraction of sp³-hybridized carbons (Fsp3) is 0. The van der Waals surface area contributed by atoms with Gasteiger partial charge in [-0.1, -0.05) is 18.2 Å². The fourth-order valence-electron chi connectivity index (χ4n) is 2.98. The van der Waals surface area contributed by atoms with Crippen molar-refractivity contribution in [1.29, 1.82) is 0 Å². The minimum Gasteiger partial charge on any atom is -0.472 e. The van der Waals surface area contributed by atoms with Crippen molar-refractivity contribution in [3.63, 3.8) is 0 Å². The minimum absolute atomic E-state index is 0.957. The van der Waals surface area contributed by atoms with Gasteiger partial charge >= 0.3 is 0 Å². The van der Waals surface area contributed by atoms with E-state index in [0.29, 0.717) is 0 Å². The summed E-state index contributed by atoms with van der Waals surface area (Å²) in [5.41, 5.74) is 6.38. The second-order valence-electron chi connectivity index (χ2n) is 5.72. The highest BCUT2D eigenvalue weighted by Gasteiger charge is 2.09. The van der Waals surface area contributed by atoms with Crippen LogP contribution in [0.4, 0.5) is 0 Å². The molecule has 4 nitrogen and oxygen atoms in total. The molecule has 120 valence electrons. The average molecular weight is 343 g/mol. The van der Waals surface area contributed by atoms with Gasteiger partial charge in [-0.2, -0.15) is 0 Å². The van der Waals surface area contributed by atoms with Crippen LogP contribution in [0.15, 0.2) is 83.4 Å². The van der Waals surface area contributed by atoms with Crippen molar-refractivity contribution in [2.75, 3.05) is 0 Å². The lowest BCUT2D eigenvalue weighted by atomic mass is 10.1. The van der Waals surface area contributed by atoms with E-state index in [1.807, 2.05) is 24.0 Å². The summed E-state index contributed by atoms with van der Waals surface area (Å²) >= 11 is 1.64. The van der Waals surface area contributed by atoms with Gasteiger partial charge in [0.1, 0.15) is 11.3 Å². The Morgan fingerprint density at radius 2 is 1.92 bits per heavy atom. The number of fused-ring (bicyclic) bond motifs is 1. The lowest BCUT2D eigenvalue weighted by Crippen LogP contribution is -1.92. The number of imidazole rings is 1. The van der Waals surface area contributed by atoms with Gasteiger partial charge in [-0.25, -0.2) is 9.97 Å². The number of aromatic nitrogens is 3. The predicted molar refractivity (Wildman–Crippen MR) is 99.9 cm³/mol. The van der Waals surface area contributed by atoms with E-state index in [1.54, 1.807) is 23.9 Å². The molecule has 0 bridgehead atoms. The van der Waals surface area contributed by atoms with E-state index >= 15 is 0 Å². The molecule has 0 saturated heterocycles. The summed E-state index contributed by atoms with van der Waals surface area (Å²) in [7, 11) is 0. The zero-order valence-corrected chi connectivity index (χ0v) is 14.0. The van der Waals surface area contributed by atoms with Gasteiger partial charge in [0, 0.05) is 28.4 Å². The number of hydrogen-bond acceptors (Lipinski definition) is 4. The Morgan fingerprint density at radius 3 is 2.76 bits per heavy atom. The van der Waals surface area contributed by atoms with Crippen LogP contribution >= 0.6 is 11.3 Å². The summed E-state index contributed by atoms with van der Waals surface area (Å²) in [4.78, 5) is 8.97. The molecule has 0 amide bonds. The number of rotatable bonds is 3. The zero-order valence-electron chi connectivity index (χ0n) is 13.2. The topological polar surface area (TPSA) is 43.9 Å². The van der Waals surface area contributed by atoms with Crippen LogP contribution in [0.3, 0.4) is 0 Å². The highest BCUT2D eigenvalue weighted by atomic mass is 32.1. The fourth-order valence-corrected chi connectivity index (χ4v) is 3.62. The molecule has 0 spiro atoms. The number of nitrogens with zero attached hydrogens (tertiary/aromatic N) is 3. The molecular formula is C20H13N3OS. The molecule has 3 aromatic heterocycles. The van der Waals surface area contributed by atoms with Gasteiger partial charge in [-0.05, 0) is 35.9 Å². The summed E-state index contributed by atoms with van der Waals surface area (Å²) in [5, 5.41) is 3.01. The molecule has 2 aromatic carbocycles. The highest BCUT2D eigenvalue weighted by molar-refractivity contribution is 7.13. The molecular weight excluding hydrogens is 330 g/mol. The molecule has 0 saturated carbocycles. The number of thiazole rings is 1. The summed E-state index contributed by atoms with van der Waals surface area (Å²) in [6.07, 6.45) is 7.12. The van der Waals surface area contributed by atoms with Crippen LogP contribution in [0.5, 0.6) is 0 Å². The third-order valence-corrected chi connectivity index (χ3v) is 5.03. The van der Waals surface area contributed by atoms with Gasteiger partial charge in [0.2, 0.25) is 0 Å². The second kappa shape index (κ2) is 5.72. The van der Waals surface area contributed by atoms with Crippen molar-refractivity contribution in [2.45, 2.75) is 0 Å². The molecule has 0 aliphatic rings. The quantitative estimate of drug-likeness (QED) is 0.440.